The Morgan fingerprint density at radius 3 is 2.33 bits per heavy atom. The summed E-state index contributed by atoms with van der Waals surface area (Å²) in [6, 6.07) is 0. The monoisotopic (exact) mass is 259 g/mol. The van der Waals surface area contributed by atoms with Gasteiger partial charge in [0.15, 0.2) is 0 Å². The average Bonchev–Trinajstić information content (AvgIpc) is 2.19. The van der Waals surface area contributed by atoms with Crippen molar-refractivity contribution in [1.82, 2.24) is 5.32 Å². The molecule has 5 nitrogen and oxygen atoms in total. The fraction of sp³-hybridized carbons (Fsp3) is 0.846. The number of hydrogen-bond donors (Lipinski definition) is 2. The quantitative estimate of drug-likeness (QED) is 0.689. The Hall–Kier alpha value is -1.26. The molecule has 1 unspecified atom stereocenters. The average molecular weight is 259 g/mol. The summed E-state index contributed by atoms with van der Waals surface area (Å²) in [5, 5.41) is 11.6. The van der Waals surface area contributed by atoms with Crippen molar-refractivity contribution >= 4 is 12.1 Å². The maximum absolute atomic E-state index is 11.3. The number of hydrogen-bond acceptors (Lipinski definition) is 3. The van der Waals surface area contributed by atoms with Crippen LogP contribution in [-0.2, 0) is 9.53 Å². The number of carbonyl (C=O) groups excluding carboxylic acids is 1. The molecule has 0 heterocycles. The number of rotatable bonds is 7. The van der Waals surface area contributed by atoms with Gasteiger partial charge in [0.1, 0.15) is 5.60 Å². The lowest BCUT2D eigenvalue weighted by molar-refractivity contribution is -0.142. The van der Waals surface area contributed by atoms with Gasteiger partial charge >= 0.3 is 12.1 Å². The molecule has 0 aromatic rings. The summed E-state index contributed by atoms with van der Waals surface area (Å²) in [5.74, 6) is -1.07. The summed E-state index contributed by atoms with van der Waals surface area (Å²) < 4.78 is 5.07. The van der Waals surface area contributed by atoms with E-state index < -0.39 is 17.7 Å². The molecule has 0 aliphatic heterocycles. The number of aliphatic carboxylic acids is 1. The normalized spacial score (nSPS) is 12.9. The zero-order valence-electron chi connectivity index (χ0n) is 11.8. The molecule has 0 aromatic carbocycles. The van der Waals surface area contributed by atoms with Gasteiger partial charge in [-0.15, -0.1) is 0 Å². The summed E-state index contributed by atoms with van der Waals surface area (Å²) in [6.07, 6.45) is 2.32. The van der Waals surface area contributed by atoms with Gasteiger partial charge in [-0.2, -0.15) is 0 Å². The maximum Gasteiger partial charge on any atom is 0.407 e. The minimum absolute atomic E-state index is 0.310. The highest BCUT2D eigenvalue weighted by Gasteiger charge is 2.17. The molecule has 5 heteroatoms. The van der Waals surface area contributed by atoms with Crippen LogP contribution in [0, 0.1) is 5.92 Å². The first-order valence-electron chi connectivity index (χ1n) is 6.46. The maximum atomic E-state index is 11.3. The van der Waals surface area contributed by atoms with E-state index in [-0.39, 0.29) is 5.92 Å². The van der Waals surface area contributed by atoms with E-state index in [2.05, 4.69) is 5.32 Å². The highest BCUT2D eigenvalue weighted by atomic mass is 16.6. The lowest BCUT2D eigenvalue weighted by atomic mass is 9.98. The first-order chi connectivity index (χ1) is 8.26. The van der Waals surface area contributed by atoms with Crippen LogP contribution in [0.3, 0.4) is 0 Å². The van der Waals surface area contributed by atoms with Crippen LogP contribution in [0.4, 0.5) is 4.79 Å². The van der Waals surface area contributed by atoms with Crippen LogP contribution in [0.15, 0.2) is 0 Å². The number of amides is 1. The van der Waals surface area contributed by atoms with E-state index >= 15 is 0 Å². The third-order valence-corrected chi connectivity index (χ3v) is 2.38. The van der Waals surface area contributed by atoms with E-state index in [4.69, 9.17) is 9.84 Å². The summed E-state index contributed by atoms with van der Waals surface area (Å²) in [5.41, 5.74) is -0.504. The smallest absolute Gasteiger partial charge is 0.407 e. The SMILES string of the molecule is CCCC(CCCNC(=O)OC(C)(C)C)C(=O)O. The Morgan fingerprint density at radius 1 is 1.28 bits per heavy atom. The molecule has 0 aromatic heterocycles. The molecule has 0 aliphatic carbocycles. The van der Waals surface area contributed by atoms with Crippen molar-refractivity contribution in [2.45, 2.75) is 59.0 Å². The Morgan fingerprint density at radius 2 is 1.89 bits per heavy atom. The van der Waals surface area contributed by atoms with E-state index in [0.717, 1.165) is 6.42 Å². The second-order valence-electron chi connectivity index (χ2n) is 5.39. The van der Waals surface area contributed by atoms with Crippen LogP contribution in [0.5, 0.6) is 0 Å². The van der Waals surface area contributed by atoms with E-state index in [1.54, 1.807) is 20.8 Å². The summed E-state index contributed by atoms with van der Waals surface area (Å²) in [6.45, 7) is 7.81. The van der Waals surface area contributed by atoms with Crippen LogP contribution in [-0.4, -0.2) is 29.3 Å². The van der Waals surface area contributed by atoms with Crippen LogP contribution < -0.4 is 5.32 Å². The summed E-state index contributed by atoms with van der Waals surface area (Å²) in [7, 11) is 0. The highest BCUT2D eigenvalue weighted by Crippen LogP contribution is 2.13. The molecule has 0 fully saturated rings. The number of alkyl carbamates (subject to hydrolysis) is 1. The second kappa shape index (κ2) is 7.95. The fourth-order valence-electron chi connectivity index (χ4n) is 1.59. The van der Waals surface area contributed by atoms with E-state index in [1.807, 2.05) is 6.92 Å². The third kappa shape index (κ3) is 8.84. The third-order valence-electron chi connectivity index (χ3n) is 2.38. The van der Waals surface area contributed by atoms with Crippen molar-refractivity contribution in [3.63, 3.8) is 0 Å². The van der Waals surface area contributed by atoms with Gasteiger partial charge in [-0.1, -0.05) is 13.3 Å². The van der Waals surface area contributed by atoms with Crippen molar-refractivity contribution in [3.8, 4) is 0 Å². The van der Waals surface area contributed by atoms with Crippen molar-refractivity contribution in [1.29, 1.82) is 0 Å². The van der Waals surface area contributed by atoms with Gasteiger partial charge in [-0.25, -0.2) is 4.79 Å². The Bertz CT molecular complexity index is 271. The lowest BCUT2D eigenvalue weighted by Crippen LogP contribution is -2.33. The number of carboxylic acids is 1. The van der Waals surface area contributed by atoms with E-state index in [1.165, 1.54) is 0 Å². The Labute approximate surface area is 109 Å². The number of carboxylic acid groups (broad SMARTS) is 1. The van der Waals surface area contributed by atoms with Gasteiger partial charge in [0.25, 0.3) is 0 Å². The van der Waals surface area contributed by atoms with Gasteiger partial charge in [0.2, 0.25) is 0 Å². The zero-order chi connectivity index (χ0) is 14.2. The molecule has 0 radical (unpaired) electrons. The lowest BCUT2D eigenvalue weighted by Gasteiger charge is -2.19. The van der Waals surface area contributed by atoms with Crippen LogP contribution in [0.25, 0.3) is 0 Å². The fourth-order valence-corrected chi connectivity index (χ4v) is 1.59. The molecule has 1 amide bonds. The number of nitrogens with one attached hydrogen (secondary N) is 1. The van der Waals surface area contributed by atoms with Gasteiger partial charge in [-0.3, -0.25) is 4.79 Å². The minimum atomic E-state index is -0.755. The summed E-state index contributed by atoms with van der Waals surface area (Å²) >= 11 is 0. The predicted molar refractivity (Wildman–Crippen MR) is 69.5 cm³/mol. The molecule has 0 bridgehead atoms. The standard InChI is InChI=1S/C13H25NO4/c1-5-7-10(11(15)16)8-6-9-14-12(17)18-13(2,3)4/h10H,5-9H2,1-4H3,(H,14,17)(H,15,16). The molecule has 2 N–H and O–H groups in total. The Kier molecular flexibility index (Phi) is 7.39. The number of ether oxygens (including phenoxy) is 1. The predicted octanol–water partition coefficient (Wildman–Crippen LogP) is 2.79. The van der Waals surface area contributed by atoms with Crippen LogP contribution in [0.2, 0.25) is 0 Å². The minimum Gasteiger partial charge on any atom is -0.481 e. The molecule has 106 valence electrons. The van der Waals surface area contributed by atoms with Crippen molar-refractivity contribution in [2.75, 3.05) is 6.54 Å². The van der Waals surface area contributed by atoms with Gasteiger partial charge in [0, 0.05) is 6.54 Å². The van der Waals surface area contributed by atoms with Gasteiger partial charge < -0.3 is 15.2 Å². The van der Waals surface area contributed by atoms with Crippen LogP contribution >= 0.6 is 0 Å². The molecule has 0 spiro atoms. The van der Waals surface area contributed by atoms with Crippen molar-refractivity contribution < 1.29 is 19.4 Å². The number of carbonyl (C=O) groups is 2. The highest BCUT2D eigenvalue weighted by molar-refractivity contribution is 5.70. The van der Waals surface area contributed by atoms with E-state index in [0.29, 0.717) is 25.8 Å². The molecular weight excluding hydrogens is 234 g/mol. The first kappa shape index (κ1) is 16.7. The Balaban J connectivity index is 3.78. The largest absolute Gasteiger partial charge is 0.481 e. The van der Waals surface area contributed by atoms with Gasteiger partial charge in [0.05, 0.1) is 5.92 Å². The first-order valence-corrected chi connectivity index (χ1v) is 6.46. The van der Waals surface area contributed by atoms with E-state index in [9.17, 15) is 9.59 Å². The van der Waals surface area contributed by atoms with Crippen LogP contribution in [0.1, 0.15) is 53.4 Å². The molecular formula is C13H25NO4. The second-order valence-corrected chi connectivity index (χ2v) is 5.39. The topological polar surface area (TPSA) is 75.6 Å². The van der Waals surface area contributed by atoms with Crippen molar-refractivity contribution in [2.24, 2.45) is 5.92 Å². The molecule has 0 rings (SSSR count). The summed E-state index contributed by atoms with van der Waals surface area (Å²) in [4.78, 5) is 22.2. The molecule has 18 heavy (non-hydrogen) atoms. The molecule has 0 saturated carbocycles. The molecule has 0 saturated heterocycles. The molecule has 0 aliphatic rings. The zero-order valence-corrected chi connectivity index (χ0v) is 11.8. The molecule has 1 atom stereocenters. The van der Waals surface area contributed by atoms with Gasteiger partial charge in [-0.05, 0) is 40.0 Å². The van der Waals surface area contributed by atoms with Crippen molar-refractivity contribution in [3.05, 3.63) is 0 Å².